The van der Waals surface area contributed by atoms with Gasteiger partial charge in [-0.05, 0) is 74.0 Å². The summed E-state index contributed by atoms with van der Waals surface area (Å²) in [5.74, 6) is 0.422. The predicted octanol–water partition coefficient (Wildman–Crippen LogP) is 5.30. The average molecular weight is 502 g/mol. The Kier molecular flexibility index (Phi) is 5.99. The van der Waals surface area contributed by atoms with Crippen LogP contribution < -0.4 is 10.3 Å². The molecule has 3 aromatic heterocycles. The molecule has 0 bridgehead atoms. The van der Waals surface area contributed by atoms with Gasteiger partial charge in [-0.3, -0.25) is 19.3 Å². The molecule has 10 heteroatoms. The summed E-state index contributed by atoms with van der Waals surface area (Å²) in [4.78, 5) is 28.6. The van der Waals surface area contributed by atoms with E-state index in [1.807, 2.05) is 25.1 Å². The summed E-state index contributed by atoms with van der Waals surface area (Å²) >= 11 is 6.01. The van der Waals surface area contributed by atoms with Crippen LogP contribution in [0.1, 0.15) is 17.0 Å². The van der Waals surface area contributed by atoms with E-state index in [-0.39, 0.29) is 17.9 Å². The van der Waals surface area contributed by atoms with Crippen molar-refractivity contribution in [2.75, 3.05) is 0 Å². The van der Waals surface area contributed by atoms with Crippen molar-refractivity contribution in [2.24, 2.45) is 0 Å². The first-order valence-corrected chi connectivity index (χ1v) is 11.4. The molecule has 2 aromatic carbocycles. The van der Waals surface area contributed by atoms with Crippen molar-refractivity contribution < 1.29 is 9.66 Å². The van der Waals surface area contributed by atoms with Crippen molar-refractivity contribution in [2.45, 2.75) is 20.5 Å². The van der Waals surface area contributed by atoms with E-state index in [4.69, 9.17) is 16.3 Å². The van der Waals surface area contributed by atoms with Gasteiger partial charge in [-0.25, -0.2) is 9.67 Å². The fraction of sp³-hybridized carbons (Fsp3) is 0.115. The van der Waals surface area contributed by atoms with Crippen LogP contribution in [0, 0.1) is 24.0 Å². The monoisotopic (exact) mass is 501 g/mol. The molecule has 36 heavy (non-hydrogen) atoms. The van der Waals surface area contributed by atoms with E-state index in [9.17, 15) is 14.9 Å². The van der Waals surface area contributed by atoms with Crippen LogP contribution in [0.25, 0.3) is 22.6 Å². The van der Waals surface area contributed by atoms with Crippen molar-refractivity contribution in [1.29, 1.82) is 0 Å². The standard InChI is InChI=1S/C26H20ClN5O4/c1-16-14-22(29-31(16)20-11-7-19(27)8-12-20)24-17(2)28-25-23(4-3-13-30(25)26(24)33)36-15-18-5-9-21(10-6-18)32(34)35/h3-14H,15H2,1-2H3. The Morgan fingerprint density at radius 3 is 2.47 bits per heavy atom. The van der Waals surface area contributed by atoms with Crippen LogP contribution in [0.2, 0.25) is 5.02 Å². The van der Waals surface area contributed by atoms with Crippen molar-refractivity contribution in [3.8, 4) is 22.7 Å². The Balaban J connectivity index is 1.50. The number of aryl methyl sites for hydroxylation is 2. The van der Waals surface area contributed by atoms with E-state index in [0.29, 0.717) is 33.4 Å². The minimum absolute atomic E-state index is 0.00836. The lowest BCUT2D eigenvalue weighted by Crippen LogP contribution is -2.19. The maximum atomic E-state index is 13.5. The molecule has 0 unspecified atom stereocenters. The first-order chi connectivity index (χ1) is 17.3. The molecule has 0 atom stereocenters. The number of nitro groups is 1. The minimum Gasteiger partial charge on any atom is -0.485 e. The molecule has 180 valence electrons. The Morgan fingerprint density at radius 2 is 1.78 bits per heavy atom. The molecule has 0 aliphatic carbocycles. The van der Waals surface area contributed by atoms with Gasteiger partial charge in [0.2, 0.25) is 0 Å². The smallest absolute Gasteiger partial charge is 0.269 e. The summed E-state index contributed by atoms with van der Waals surface area (Å²) in [5.41, 5.74) is 3.99. The largest absolute Gasteiger partial charge is 0.485 e. The topological polar surface area (TPSA) is 105 Å². The number of benzene rings is 2. The van der Waals surface area contributed by atoms with Gasteiger partial charge in [0.05, 0.1) is 21.9 Å². The molecule has 0 spiro atoms. The molecule has 5 aromatic rings. The van der Waals surface area contributed by atoms with Crippen LogP contribution in [0.3, 0.4) is 0 Å². The third-order valence-electron chi connectivity index (χ3n) is 5.76. The third kappa shape index (κ3) is 4.32. The first-order valence-electron chi connectivity index (χ1n) is 11.0. The number of nitrogens with zero attached hydrogens (tertiary/aromatic N) is 5. The van der Waals surface area contributed by atoms with Crippen LogP contribution in [0.5, 0.6) is 5.75 Å². The maximum absolute atomic E-state index is 13.5. The lowest BCUT2D eigenvalue weighted by molar-refractivity contribution is -0.384. The van der Waals surface area contributed by atoms with E-state index in [1.54, 1.807) is 54.2 Å². The summed E-state index contributed by atoms with van der Waals surface area (Å²) in [5, 5.41) is 16.2. The fourth-order valence-corrected chi connectivity index (χ4v) is 4.09. The van der Waals surface area contributed by atoms with Crippen LogP contribution >= 0.6 is 11.6 Å². The van der Waals surface area contributed by atoms with Crippen LogP contribution in [0.4, 0.5) is 5.69 Å². The van der Waals surface area contributed by atoms with E-state index in [0.717, 1.165) is 16.9 Å². The molecule has 0 saturated carbocycles. The second-order valence-corrected chi connectivity index (χ2v) is 8.65. The summed E-state index contributed by atoms with van der Waals surface area (Å²) < 4.78 is 9.12. The van der Waals surface area contributed by atoms with Crippen molar-refractivity contribution in [3.63, 3.8) is 0 Å². The maximum Gasteiger partial charge on any atom is 0.269 e. The quantitative estimate of drug-likeness (QED) is 0.231. The predicted molar refractivity (Wildman–Crippen MR) is 136 cm³/mol. The molecule has 3 heterocycles. The number of rotatable bonds is 6. The molecule has 5 rings (SSSR count). The molecule has 0 N–H and O–H groups in total. The Hall–Kier alpha value is -4.50. The summed E-state index contributed by atoms with van der Waals surface area (Å²) in [6, 6.07) is 18.7. The van der Waals surface area contributed by atoms with E-state index in [2.05, 4.69) is 10.1 Å². The highest BCUT2D eigenvalue weighted by molar-refractivity contribution is 6.30. The lowest BCUT2D eigenvalue weighted by Gasteiger charge is -2.11. The normalized spacial score (nSPS) is 11.1. The van der Waals surface area contributed by atoms with Crippen LogP contribution in [-0.4, -0.2) is 24.1 Å². The highest BCUT2D eigenvalue weighted by Crippen LogP contribution is 2.25. The van der Waals surface area contributed by atoms with Crippen molar-refractivity contribution in [1.82, 2.24) is 19.2 Å². The SMILES string of the molecule is Cc1nc2c(OCc3ccc([N+](=O)[O-])cc3)cccn2c(=O)c1-c1cc(C)n(-c2ccc(Cl)cc2)n1. The van der Waals surface area contributed by atoms with Gasteiger partial charge >= 0.3 is 0 Å². The average Bonchev–Trinajstić information content (AvgIpc) is 3.24. The van der Waals surface area contributed by atoms with Gasteiger partial charge in [0.15, 0.2) is 11.4 Å². The molecular weight excluding hydrogens is 482 g/mol. The van der Waals surface area contributed by atoms with Gasteiger partial charge in [0.1, 0.15) is 12.3 Å². The zero-order chi connectivity index (χ0) is 25.4. The summed E-state index contributed by atoms with van der Waals surface area (Å²) in [6.07, 6.45) is 1.63. The van der Waals surface area contributed by atoms with Crippen LogP contribution in [-0.2, 0) is 6.61 Å². The van der Waals surface area contributed by atoms with Gasteiger partial charge in [0.25, 0.3) is 11.2 Å². The number of nitro benzene ring substituents is 1. The van der Waals surface area contributed by atoms with Gasteiger partial charge < -0.3 is 4.74 Å². The summed E-state index contributed by atoms with van der Waals surface area (Å²) in [6.45, 7) is 3.84. The Morgan fingerprint density at radius 1 is 1.06 bits per heavy atom. The molecule has 0 aliphatic heterocycles. The zero-order valence-corrected chi connectivity index (χ0v) is 20.1. The molecule has 9 nitrogen and oxygen atoms in total. The number of ether oxygens (including phenoxy) is 1. The number of hydrogen-bond donors (Lipinski definition) is 0. The number of hydrogen-bond acceptors (Lipinski definition) is 6. The first kappa shape index (κ1) is 23.3. The molecule has 0 amide bonds. The fourth-order valence-electron chi connectivity index (χ4n) is 3.97. The van der Waals surface area contributed by atoms with E-state index < -0.39 is 4.92 Å². The second-order valence-electron chi connectivity index (χ2n) is 8.21. The van der Waals surface area contributed by atoms with Crippen LogP contribution in [0.15, 0.2) is 77.7 Å². The van der Waals surface area contributed by atoms with E-state index in [1.165, 1.54) is 16.5 Å². The molecule has 0 aliphatic rings. The van der Waals surface area contributed by atoms with Gasteiger partial charge in [0, 0.05) is 29.0 Å². The zero-order valence-electron chi connectivity index (χ0n) is 19.4. The molecular formula is C26H20ClN5O4. The third-order valence-corrected chi connectivity index (χ3v) is 6.01. The molecule has 0 fully saturated rings. The van der Waals surface area contributed by atoms with Crippen molar-refractivity contribution in [3.05, 3.63) is 115 Å². The van der Waals surface area contributed by atoms with Gasteiger partial charge in [-0.2, -0.15) is 5.10 Å². The van der Waals surface area contributed by atoms with Crippen molar-refractivity contribution >= 4 is 22.9 Å². The van der Waals surface area contributed by atoms with Gasteiger partial charge in [-0.1, -0.05) is 11.6 Å². The minimum atomic E-state index is -0.452. The lowest BCUT2D eigenvalue weighted by atomic mass is 10.1. The Labute approximate surface area is 210 Å². The Bertz CT molecular complexity index is 1660. The second kappa shape index (κ2) is 9.27. The number of halogens is 1. The summed E-state index contributed by atoms with van der Waals surface area (Å²) in [7, 11) is 0. The van der Waals surface area contributed by atoms with Gasteiger partial charge in [-0.15, -0.1) is 0 Å². The number of aromatic nitrogens is 4. The number of fused-ring (bicyclic) bond motifs is 1. The molecule has 0 radical (unpaired) electrons. The van der Waals surface area contributed by atoms with E-state index >= 15 is 0 Å². The highest BCUT2D eigenvalue weighted by Gasteiger charge is 2.18. The number of pyridine rings is 1. The highest BCUT2D eigenvalue weighted by atomic mass is 35.5. The molecule has 0 saturated heterocycles. The number of non-ortho nitro benzene ring substituents is 1.